The first-order chi connectivity index (χ1) is 17.8. The number of hydrogen-bond donors (Lipinski definition) is 1. The summed E-state index contributed by atoms with van der Waals surface area (Å²) < 4.78 is 34.5. The first-order valence-electron chi connectivity index (χ1n) is 12.8. The largest absolute Gasteiger partial charge is 0.493 e. The smallest absolute Gasteiger partial charge is 0.307 e. The first kappa shape index (κ1) is 25.3. The van der Waals surface area contributed by atoms with E-state index in [-0.39, 0.29) is 17.6 Å². The van der Waals surface area contributed by atoms with E-state index in [0.717, 1.165) is 42.6 Å². The van der Waals surface area contributed by atoms with Gasteiger partial charge in [0.1, 0.15) is 21.3 Å². The molecule has 1 aliphatic heterocycles. The second kappa shape index (κ2) is 10.6. The third-order valence-corrected chi connectivity index (χ3v) is 8.22. The fourth-order valence-corrected chi connectivity index (χ4v) is 5.66. The van der Waals surface area contributed by atoms with E-state index in [1.807, 2.05) is 18.2 Å². The summed E-state index contributed by atoms with van der Waals surface area (Å²) in [6, 6.07) is 20.9. The van der Waals surface area contributed by atoms with E-state index < -0.39 is 15.8 Å². The van der Waals surface area contributed by atoms with Crippen LogP contribution in [-0.2, 0) is 33.9 Å². The van der Waals surface area contributed by atoms with Gasteiger partial charge in [-0.1, -0.05) is 42.5 Å². The molecular formula is C30H32O6S. The van der Waals surface area contributed by atoms with Crippen molar-refractivity contribution in [1.82, 2.24) is 0 Å². The van der Waals surface area contributed by atoms with Crippen molar-refractivity contribution >= 4 is 15.8 Å². The molecule has 0 saturated heterocycles. The summed E-state index contributed by atoms with van der Waals surface area (Å²) in [5, 5.41) is 9.16. The van der Waals surface area contributed by atoms with Gasteiger partial charge in [0.25, 0.3) is 0 Å². The molecule has 1 N–H and O–H groups in total. The SMILES string of the molecule is CS(=O)(=O)CCCOc1ccc2c(c1)OCCc1ccc(CCc3ccc([C@H]4C[C@@H]4C(=O)O)cc3)cc1-2. The summed E-state index contributed by atoms with van der Waals surface area (Å²) in [5.74, 6) is 0.817. The molecule has 0 radical (unpaired) electrons. The summed E-state index contributed by atoms with van der Waals surface area (Å²) in [6.07, 6.45) is 5.08. The maximum absolute atomic E-state index is 11.3. The van der Waals surface area contributed by atoms with Crippen LogP contribution in [0.25, 0.3) is 11.1 Å². The van der Waals surface area contributed by atoms with E-state index in [4.69, 9.17) is 14.6 Å². The Hall–Kier alpha value is -3.32. The van der Waals surface area contributed by atoms with Gasteiger partial charge in [-0.3, -0.25) is 4.79 Å². The monoisotopic (exact) mass is 520 g/mol. The molecule has 5 rings (SSSR count). The van der Waals surface area contributed by atoms with Crippen molar-refractivity contribution in [2.75, 3.05) is 25.2 Å². The van der Waals surface area contributed by atoms with Crippen molar-refractivity contribution < 1.29 is 27.8 Å². The molecule has 194 valence electrons. The van der Waals surface area contributed by atoms with Crippen LogP contribution in [0.2, 0.25) is 0 Å². The highest BCUT2D eigenvalue weighted by molar-refractivity contribution is 7.90. The highest BCUT2D eigenvalue weighted by atomic mass is 32.2. The predicted octanol–water partition coefficient (Wildman–Crippen LogP) is 5.08. The molecule has 0 unspecified atom stereocenters. The molecule has 0 spiro atoms. The van der Waals surface area contributed by atoms with Crippen LogP contribution < -0.4 is 9.47 Å². The number of carbonyl (C=O) groups is 1. The summed E-state index contributed by atoms with van der Waals surface area (Å²) >= 11 is 0. The Morgan fingerprint density at radius 2 is 1.76 bits per heavy atom. The van der Waals surface area contributed by atoms with E-state index in [1.165, 1.54) is 28.5 Å². The number of carboxylic acid groups (broad SMARTS) is 1. The summed E-state index contributed by atoms with van der Waals surface area (Å²) in [6.45, 7) is 0.932. The second-order valence-electron chi connectivity index (χ2n) is 10.1. The van der Waals surface area contributed by atoms with Gasteiger partial charge < -0.3 is 14.6 Å². The number of aryl methyl sites for hydroxylation is 2. The van der Waals surface area contributed by atoms with Gasteiger partial charge in [0.05, 0.1) is 24.9 Å². The molecule has 2 atom stereocenters. The zero-order chi connectivity index (χ0) is 26.0. The maximum atomic E-state index is 11.3. The Kier molecular flexibility index (Phi) is 7.24. The topological polar surface area (TPSA) is 89.9 Å². The van der Waals surface area contributed by atoms with Crippen LogP contribution >= 0.6 is 0 Å². The zero-order valence-corrected chi connectivity index (χ0v) is 21.8. The Labute approximate surface area is 218 Å². The Bertz CT molecular complexity index is 1390. The van der Waals surface area contributed by atoms with Crippen LogP contribution in [0, 0.1) is 5.92 Å². The molecule has 6 nitrogen and oxygen atoms in total. The third-order valence-electron chi connectivity index (χ3n) is 7.19. The minimum atomic E-state index is -2.99. The molecule has 7 heteroatoms. The van der Waals surface area contributed by atoms with Gasteiger partial charge in [-0.2, -0.15) is 0 Å². The van der Waals surface area contributed by atoms with Gasteiger partial charge in [-0.15, -0.1) is 0 Å². The predicted molar refractivity (Wildman–Crippen MR) is 143 cm³/mol. The van der Waals surface area contributed by atoms with Gasteiger partial charge in [0, 0.05) is 24.3 Å². The molecule has 37 heavy (non-hydrogen) atoms. The highest BCUT2D eigenvalue weighted by Crippen LogP contribution is 2.47. The molecule has 1 saturated carbocycles. The molecule has 2 aliphatic rings. The van der Waals surface area contributed by atoms with Gasteiger partial charge >= 0.3 is 5.97 Å². The van der Waals surface area contributed by atoms with E-state index in [1.54, 1.807) is 0 Å². The molecular weight excluding hydrogens is 488 g/mol. The average Bonchev–Trinajstić information content (AvgIpc) is 3.69. The Morgan fingerprint density at radius 1 is 1.00 bits per heavy atom. The second-order valence-corrected chi connectivity index (χ2v) is 12.4. The van der Waals surface area contributed by atoms with E-state index in [0.29, 0.717) is 25.4 Å². The van der Waals surface area contributed by atoms with Gasteiger partial charge in [0.15, 0.2) is 0 Å². The number of benzene rings is 3. The number of carboxylic acids is 1. The van der Waals surface area contributed by atoms with Crippen molar-refractivity contribution in [2.45, 2.75) is 38.0 Å². The van der Waals surface area contributed by atoms with Crippen LogP contribution in [0.15, 0.2) is 60.7 Å². The van der Waals surface area contributed by atoms with Crippen molar-refractivity contribution in [2.24, 2.45) is 5.92 Å². The number of hydrogen-bond acceptors (Lipinski definition) is 5. The number of rotatable bonds is 10. The van der Waals surface area contributed by atoms with Crippen molar-refractivity contribution in [3.63, 3.8) is 0 Å². The van der Waals surface area contributed by atoms with Gasteiger partial charge in [0.2, 0.25) is 0 Å². The minimum absolute atomic E-state index is 0.112. The summed E-state index contributed by atoms with van der Waals surface area (Å²) in [7, 11) is -2.99. The first-order valence-corrected chi connectivity index (χ1v) is 14.8. The normalized spacial score (nSPS) is 18.2. The number of sulfone groups is 1. The Balaban J connectivity index is 1.25. The molecule has 1 heterocycles. The highest BCUT2D eigenvalue weighted by Gasteiger charge is 2.43. The van der Waals surface area contributed by atoms with E-state index in [9.17, 15) is 13.2 Å². The molecule has 0 aromatic heterocycles. The van der Waals surface area contributed by atoms with Gasteiger partial charge in [-0.05, 0) is 71.6 Å². The van der Waals surface area contributed by atoms with Crippen LogP contribution in [-0.4, -0.2) is 44.7 Å². The lowest BCUT2D eigenvalue weighted by molar-refractivity contribution is -0.138. The lowest BCUT2D eigenvalue weighted by atomic mass is 9.93. The van der Waals surface area contributed by atoms with Crippen molar-refractivity contribution in [3.8, 4) is 22.6 Å². The molecule has 1 fully saturated rings. The molecule has 1 aliphatic carbocycles. The molecule has 0 amide bonds. The standard InChI is InChI=1S/C30H32O6S/c1-37(33,34)16-2-14-35-24-11-12-25-26-17-21(7-10-23(26)13-15-36-29(25)18-24)4-3-20-5-8-22(9-6-20)27-19-28(27)30(31)32/h5-12,17-18,27-28H,2-4,13-16,19H2,1H3,(H,31,32)/t27-,28+/m1/s1. The molecule has 3 aromatic rings. The lowest BCUT2D eigenvalue weighted by Crippen LogP contribution is -2.08. The quantitative estimate of drug-likeness (QED) is 0.375. The van der Waals surface area contributed by atoms with Crippen LogP contribution in [0.3, 0.4) is 0 Å². The third kappa shape index (κ3) is 6.34. The molecule has 0 bridgehead atoms. The van der Waals surface area contributed by atoms with Crippen molar-refractivity contribution in [1.29, 1.82) is 0 Å². The van der Waals surface area contributed by atoms with Crippen LogP contribution in [0.4, 0.5) is 0 Å². The molecule has 3 aromatic carbocycles. The average molecular weight is 521 g/mol. The minimum Gasteiger partial charge on any atom is -0.493 e. The summed E-state index contributed by atoms with van der Waals surface area (Å²) in [5.41, 5.74) is 7.09. The summed E-state index contributed by atoms with van der Waals surface area (Å²) in [4.78, 5) is 11.1. The lowest BCUT2D eigenvalue weighted by Gasteiger charge is -2.13. The van der Waals surface area contributed by atoms with Gasteiger partial charge in [-0.25, -0.2) is 8.42 Å². The van der Waals surface area contributed by atoms with E-state index >= 15 is 0 Å². The number of aliphatic carboxylic acids is 1. The van der Waals surface area contributed by atoms with Crippen molar-refractivity contribution in [3.05, 3.63) is 82.9 Å². The zero-order valence-electron chi connectivity index (χ0n) is 21.0. The Morgan fingerprint density at radius 3 is 2.49 bits per heavy atom. The number of fused-ring (bicyclic) bond motifs is 3. The van der Waals surface area contributed by atoms with E-state index in [2.05, 4.69) is 42.5 Å². The van der Waals surface area contributed by atoms with Crippen LogP contribution in [0.1, 0.15) is 41.0 Å². The maximum Gasteiger partial charge on any atom is 0.307 e. The number of ether oxygens (including phenoxy) is 2. The fraction of sp³-hybridized carbons (Fsp3) is 0.367. The van der Waals surface area contributed by atoms with Crippen LogP contribution in [0.5, 0.6) is 11.5 Å². The fourth-order valence-electron chi connectivity index (χ4n) is 5.02.